The molecule has 0 bridgehead atoms. The van der Waals surface area contributed by atoms with Crippen LogP contribution in [0, 0.1) is 5.82 Å². The van der Waals surface area contributed by atoms with Gasteiger partial charge in [-0.15, -0.1) is 0 Å². The highest BCUT2D eigenvalue weighted by atomic mass is 32.2. The summed E-state index contributed by atoms with van der Waals surface area (Å²) in [7, 11) is -3.56. The third-order valence-electron chi connectivity index (χ3n) is 2.65. The van der Waals surface area contributed by atoms with E-state index < -0.39 is 15.8 Å². The maximum absolute atomic E-state index is 12.7. The van der Waals surface area contributed by atoms with Gasteiger partial charge in [-0.2, -0.15) is 0 Å². The Morgan fingerprint density at radius 3 is 2.65 bits per heavy atom. The molecule has 2 rings (SSSR count). The van der Waals surface area contributed by atoms with Gasteiger partial charge in [-0.25, -0.2) is 17.5 Å². The molecular formula is C11H14FNO3S. The first-order chi connectivity index (χ1) is 8.08. The van der Waals surface area contributed by atoms with Crippen LogP contribution in [-0.4, -0.2) is 27.7 Å². The van der Waals surface area contributed by atoms with E-state index in [0.29, 0.717) is 6.61 Å². The fourth-order valence-electron chi connectivity index (χ4n) is 1.71. The van der Waals surface area contributed by atoms with Gasteiger partial charge in [0.15, 0.2) is 0 Å². The predicted molar refractivity (Wildman–Crippen MR) is 60.6 cm³/mol. The second kappa shape index (κ2) is 5.12. The average Bonchev–Trinajstić information content (AvgIpc) is 2.80. The largest absolute Gasteiger partial charge is 0.377 e. The molecule has 4 nitrogen and oxygen atoms in total. The molecule has 1 aromatic carbocycles. The monoisotopic (exact) mass is 259 g/mol. The van der Waals surface area contributed by atoms with Gasteiger partial charge in [0.2, 0.25) is 10.0 Å². The summed E-state index contributed by atoms with van der Waals surface area (Å²) >= 11 is 0. The molecule has 0 radical (unpaired) electrons. The molecule has 1 aliphatic heterocycles. The molecule has 0 saturated carbocycles. The normalized spacial score (nSPS) is 20.6. The minimum absolute atomic E-state index is 0.0507. The van der Waals surface area contributed by atoms with Crippen molar-refractivity contribution in [1.82, 2.24) is 4.72 Å². The second-order valence-electron chi connectivity index (χ2n) is 3.94. The van der Waals surface area contributed by atoms with Gasteiger partial charge in [-0.05, 0) is 37.1 Å². The Kier molecular flexibility index (Phi) is 3.76. The number of hydrogen-bond acceptors (Lipinski definition) is 3. The number of nitrogens with one attached hydrogen (secondary N) is 1. The SMILES string of the molecule is O=S(=O)(NC[C@@H]1CCCO1)c1ccc(F)cc1. The number of ether oxygens (including phenoxy) is 1. The van der Waals surface area contributed by atoms with Gasteiger partial charge < -0.3 is 4.74 Å². The lowest BCUT2D eigenvalue weighted by atomic mass is 10.2. The highest BCUT2D eigenvalue weighted by molar-refractivity contribution is 7.89. The van der Waals surface area contributed by atoms with Crippen molar-refractivity contribution in [2.45, 2.75) is 23.8 Å². The van der Waals surface area contributed by atoms with Crippen LogP contribution in [0.5, 0.6) is 0 Å². The molecule has 6 heteroatoms. The van der Waals surface area contributed by atoms with Crippen molar-refractivity contribution in [2.24, 2.45) is 0 Å². The van der Waals surface area contributed by atoms with E-state index >= 15 is 0 Å². The maximum Gasteiger partial charge on any atom is 0.240 e. The van der Waals surface area contributed by atoms with E-state index in [0.717, 1.165) is 25.0 Å². The highest BCUT2D eigenvalue weighted by Crippen LogP contribution is 2.13. The van der Waals surface area contributed by atoms with Gasteiger partial charge >= 0.3 is 0 Å². The summed E-state index contributed by atoms with van der Waals surface area (Å²) in [6, 6.07) is 4.74. The Hall–Kier alpha value is -0.980. The molecule has 0 aliphatic carbocycles. The summed E-state index contributed by atoms with van der Waals surface area (Å²) in [6.07, 6.45) is 1.78. The lowest BCUT2D eigenvalue weighted by Crippen LogP contribution is -2.31. The molecule has 1 atom stereocenters. The van der Waals surface area contributed by atoms with E-state index in [1.54, 1.807) is 0 Å². The van der Waals surface area contributed by atoms with Crippen LogP contribution in [0.2, 0.25) is 0 Å². The maximum atomic E-state index is 12.7. The van der Waals surface area contributed by atoms with Gasteiger partial charge in [0, 0.05) is 13.2 Å². The van der Waals surface area contributed by atoms with E-state index in [-0.39, 0.29) is 17.5 Å². The Morgan fingerprint density at radius 1 is 1.35 bits per heavy atom. The molecule has 17 heavy (non-hydrogen) atoms. The molecule has 1 heterocycles. The fourth-order valence-corrected chi connectivity index (χ4v) is 2.77. The lowest BCUT2D eigenvalue weighted by Gasteiger charge is -2.11. The number of sulfonamides is 1. The molecule has 1 aliphatic rings. The molecule has 1 fully saturated rings. The zero-order chi connectivity index (χ0) is 12.3. The molecular weight excluding hydrogens is 245 g/mol. The molecule has 1 aromatic rings. The first-order valence-electron chi connectivity index (χ1n) is 5.45. The molecule has 94 valence electrons. The van der Waals surface area contributed by atoms with Crippen LogP contribution in [0.4, 0.5) is 4.39 Å². The highest BCUT2D eigenvalue weighted by Gasteiger charge is 2.20. The van der Waals surface area contributed by atoms with Crippen molar-refractivity contribution in [3.05, 3.63) is 30.1 Å². The van der Waals surface area contributed by atoms with Crippen LogP contribution < -0.4 is 4.72 Å². The average molecular weight is 259 g/mol. The van der Waals surface area contributed by atoms with Crippen molar-refractivity contribution in [3.8, 4) is 0 Å². The molecule has 0 amide bonds. The number of hydrogen-bond donors (Lipinski definition) is 1. The summed E-state index contributed by atoms with van der Waals surface area (Å²) in [5.74, 6) is -0.455. The van der Waals surface area contributed by atoms with Gasteiger partial charge in [-0.1, -0.05) is 0 Å². The smallest absolute Gasteiger partial charge is 0.240 e. The number of halogens is 1. The van der Waals surface area contributed by atoms with Crippen molar-refractivity contribution in [3.63, 3.8) is 0 Å². The van der Waals surface area contributed by atoms with E-state index in [4.69, 9.17) is 4.74 Å². The topological polar surface area (TPSA) is 55.4 Å². The van der Waals surface area contributed by atoms with Crippen molar-refractivity contribution in [1.29, 1.82) is 0 Å². The van der Waals surface area contributed by atoms with E-state index in [1.165, 1.54) is 12.1 Å². The van der Waals surface area contributed by atoms with Crippen LogP contribution >= 0.6 is 0 Å². The Bertz CT molecular complexity index is 466. The minimum atomic E-state index is -3.56. The third-order valence-corrected chi connectivity index (χ3v) is 4.09. The number of rotatable bonds is 4. The van der Waals surface area contributed by atoms with Crippen molar-refractivity contribution in [2.75, 3.05) is 13.2 Å². The van der Waals surface area contributed by atoms with E-state index in [9.17, 15) is 12.8 Å². The van der Waals surface area contributed by atoms with Crippen LogP contribution in [0.15, 0.2) is 29.2 Å². The standard InChI is InChI=1S/C11H14FNO3S/c12-9-3-5-11(6-4-9)17(14,15)13-8-10-2-1-7-16-10/h3-6,10,13H,1-2,7-8H2/t10-/m0/s1. The van der Waals surface area contributed by atoms with E-state index in [1.807, 2.05) is 0 Å². The summed E-state index contributed by atoms with van der Waals surface area (Å²) < 4.78 is 44.1. The van der Waals surface area contributed by atoms with Crippen LogP contribution in [0.3, 0.4) is 0 Å². The lowest BCUT2D eigenvalue weighted by molar-refractivity contribution is 0.114. The third kappa shape index (κ3) is 3.24. The summed E-state index contributed by atoms with van der Waals surface area (Å²) in [6.45, 7) is 0.947. The van der Waals surface area contributed by atoms with Crippen molar-refractivity contribution < 1.29 is 17.5 Å². The van der Waals surface area contributed by atoms with Gasteiger partial charge in [0.25, 0.3) is 0 Å². The van der Waals surface area contributed by atoms with E-state index in [2.05, 4.69) is 4.72 Å². The predicted octanol–water partition coefficient (Wildman–Crippen LogP) is 1.28. The molecule has 0 aromatic heterocycles. The van der Waals surface area contributed by atoms with Crippen LogP contribution in [0.25, 0.3) is 0 Å². The zero-order valence-corrected chi connectivity index (χ0v) is 10.0. The molecule has 1 saturated heterocycles. The minimum Gasteiger partial charge on any atom is -0.377 e. The van der Waals surface area contributed by atoms with Gasteiger partial charge in [0.1, 0.15) is 5.82 Å². The first-order valence-corrected chi connectivity index (χ1v) is 6.93. The molecule has 0 unspecified atom stereocenters. The summed E-state index contributed by atoms with van der Waals surface area (Å²) in [5.41, 5.74) is 0. The Labute approximate surface area is 99.8 Å². The Morgan fingerprint density at radius 2 is 2.06 bits per heavy atom. The van der Waals surface area contributed by atoms with Gasteiger partial charge in [0.05, 0.1) is 11.0 Å². The molecule has 0 spiro atoms. The quantitative estimate of drug-likeness (QED) is 0.886. The summed E-state index contributed by atoms with van der Waals surface area (Å²) in [4.78, 5) is 0.0666. The van der Waals surface area contributed by atoms with Crippen molar-refractivity contribution >= 4 is 10.0 Å². The zero-order valence-electron chi connectivity index (χ0n) is 9.23. The molecule has 1 N–H and O–H groups in total. The summed E-state index contributed by atoms with van der Waals surface area (Å²) in [5, 5.41) is 0. The second-order valence-corrected chi connectivity index (χ2v) is 5.71. The Balaban J connectivity index is 2.00. The van der Waals surface area contributed by atoms with Gasteiger partial charge in [-0.3, -0.25) is 0 Å². The van der Waals surface area contributed by atoms with Crippen LogP contribution in [0.1, 0.15) is 12.8 Å². The number of benzene rings is 1. The van der Waals surface area contributed by atoms with Crippen LogP contribution in [-0.2, 0) is 14.8 Å². The first kappa shape index (κ1) is 12.5. The fraction of sp³-hybridized carbons (Fsp3) is 0.455.